The van der Waals surface area contributed by atoms with Gasteiger partial charge in [0.25, 0.3) is 0 Å². The number of fused-ring (bicyclic) bond motifs is 5. The summed E-state index contributed by atoms with van der Waals surface area (Å²) in [5, 5.41) is 5.53. The summed E-state index contributed by atoms with van der Waals surface area (Å²) in [4.78, 5) is 0. The van der Waals surface area contributed by atoms with Crippen LogP contribution in [0.1, 0.15) is 88.3 Å². The average Bonchev–Trinajstić information content (AvgIpc) is 3.82. The molecule has 0 unspecified atom stereocenters. The van der Waals surface area contributed by atoms with Crippen LogP contribution in [-0.2, 0) is 35.1 Å². The van der Waals surface area contributed by atoms with E-state index in [4.69, 9.17) is 0 Å². The van der Waals surface area contributed by atoms with E-state index in [0.29, 0.717) is 5.41 Å². The molecule has 5 aromatic carbocycles. The molecule has 3 aliphatic rings. The van der Waals surface area contributed by atoms with E-state index in [1.165, 1.54) is 73.6 Å². The van der Waals surface area contributed by atoms with Crippen LogP contribution in [-0.4, -0.2) is 3.21 Å². The number of hydrogen-bond acceptors (Lipinski definition) is 0. The van der Waals surface area contributed by atoms with Gasteiger partial charge in [0.2, 0.25) is 0 Å². The van der Waals surface area contributed by atoms with Gasteiger partial charge in [0, 0.05) is 10.8 Å². The van der Waals surface area contributed by atoms with Crippen molar-refractivity contribution in [1.82, 2.24) is 0 Å². The SMILES string of the molecule is CC(C)(C)C1=CC[C-]=C1.CC1(C)C=Cc2cc3c(cc21)[cH-]c1cc2c(cc13)C=CC2(C)C.Fc1cccc([C](=[Zr+2])c2cccc(F)c2)c1.[Cl-].[Cl-]. The minimum atomic E-state index is -0.270. The maximum Gasteiger partial charge on any atom is -1.00 e. The summed E-state index contributed by atoms with van der Waals surface area (Å²) in [5.74, 6) is -0.539. The molecule has 0 nitrogen and oxygen atoms in total. The van der Waals surface area contributed by atoms with Crippen molar-refractivity contribution in [2.45, 2.75) is 65.7 Å². The van der Waals surface area contributed by atoms with E-state index in [1.54, 1.807) is 12.1 Å². The van der Waals surface area contributed by atoms with E-state index < -0.39 is 0 Å². The minimum Gasteiger partial charge on any atom is -1.00 e. The van der Waals surface area contributed by atoms with Gasteiger partial charge < -0.3 is 24.8 Å². The fourth-order valence-corrected chi connectivity index (χ4v) is 7.45. The Hall–Kier alpha value is -3.10. The van der Waals surface area contributed by atoms with Crippen LogP contribution in [0.4, 0.5) is 8.78 Å². The molecule has 0 heterocycles. The van der Waals surface area contributed by atoms with E-state index in [2.05, 4.69) is 121 Å². The zero-order chi connectivity index (χ0) is 34.4. The van der Waals surface area contributed by atoms with Gasteiger partial charge in [0.05, 0.1) is 0 Å². The van der Waals surface area contributed by atoms with Crippen LogP contribution in [0.5, 0.6) is 0 Å². The van der Waals surface area contributed by atoms with Crippen molar-refractivity contribution in [2.24, 2.45) is 5.41 Å². The fraction of sp³-hybridized carbons (Fsp3) is 0.244. The Morgan fingerprint density at radius 1 is 0.720 bits per heavy atom. The summed E-state index contributed by atoms with van der Waals surface area (Å²) in [7, 11) is 0. The molecule has 0 radical (unpaired) electrons. The standard InChI is InChI=1S/C23H21.C13H8F2.C9H13.2ClH.Zr/c1-22(2)7-5-14-10-18-16(12-20(14)22)9-17-13-21-15(11-19(17)18)6-8-23(21,3)4;14-12-5-1-3-10(8-12)7-11-4-2-6-13(15)9-11;1-9(2,3)8-6-4-5-7-8;;;/h5-13H,1-4H3;1-6,8-9H;6-7H,4H2,1-3H3;2*1H;/q-1;;-1;;;+2/p-2. The van der Waals surface area contributed by atoms with Crippen LogP contribution in [0.2, 0.25) is 0 Å². The quantitative estimate of drug-likeness (QED) is 0.189. The minimum absolute atomic E-state index is 0. The molecule has 50 heavy (non-hydrogen) atoms. The zero-order valence-electron chi connectivity index (χ0n) is 29.7. The van der Waals surface area contributed by atoms with Crippen molar-refractivity contribution in [1.29, 1.82) is 0 Å². The first kappa shape index (κ1) is 39.7. The van der Waals surface area contributed by atoms with Gasteiger partial charge in [0.1, 0.15) is 0 Å². The predicted octanol–water partition coefficient (Wildman–Crippen LogP) is 6.13. The second kappa shape index (κ2) is 15.3. The smallest absolute Gasteiger partial charge is 1.00 e. The molecule has 3 aliphatic carbocycles. The summed E-state index contributed by atoms with van der Waals surface area (Å²) < 4.78 is 27.0. The van der Waals surface area contributed by atoms with Crippen molar-refractivity contribution in [3.8, 4) is 0 Å². The Morgan fingerprint density at radius 2 is 1.18 bits per heavy atom. The third-order valence-electron chi connectivity index (χ3n) is 9.58. The Kier molecular flexibility index (Phi) is 12.1. The Bertz CT molecular complexity index is 2050. The number of halogens is 4. The number of hydrogen-bond donors (Lipinski definition) is 0. The van der Waals surface area contributed by atoms with E-state index >= 15 is 0 Å². The molecule has 0 aliphatic heterocycles. The first-order chi connectivity index (χ1) is 22.6. The van der Waals surface area contributed by atoms with Crippen molar-refractivity contribution in [2.75, 3.05) is 0 Å². The third kappa shape index (κ3) is 8.33. The monoisotopic (exact) mass is 780 g/mol. The van der Waals surface area contributed by atoms with Crippen molar-refractivity contribution < 1.29 is 57.8 Å². The summed E-state index contributed by atoms with van der Waals surface area (Å²) >= 11 is 1.13. The van der Waals surface area contributed by atoms with Crippen LogP contribution >= 0.6 is 0 Å². The zero-order valence-corrected chi connectivity index (χ0v) is 33.7. The molecule has 0 amide bonds. The largest absolute Gasteiger partial charge is 1.00 e. The maximum atomic E-state index is 13.0. The van der Waals surface area contributed by atoms with E-state index in [-0.39, 0.29) is 47.3 Å². The fourth-order valence-electron chi connectivity index (χ4n) is 6.68. The maximum absolute atomic E-state index is 13.0. The molecular formula is C45H42Cl2F2Zr-2. The van der Waals surface area contributed by atoms with Crippen LogP contribution in [0, 0.1) is 23.1 Å². The Labute approximate surface area is 323 Å². The molecule has 5 aromatic rings. The Balaban J connectivity index is 0.000000182. The topological polar surface area (TPSA) is 0 Å². The molecule has 256 valence electrons. The molecule has 0 saturated heterocycles. The molecule has 0 atom stereocenters. The summed E-state index contributed by atoms with van der Waals surface area (Å²) in [6, 6.07) is 24.7. The first-order valence-electron chi connectivity index (χ1n) is 16.6. The van der Waals surface area contributed by atoms with Crippen molar-refractivity contribution in [3.05, 3.63) is 160 Å². The molecule has 0 spiro atoms. The van der Waals surface area contributed by atoms with Crippen LogP contribution in [0.25, 0.3) is 33.7 Å². The van der Waals surface area contributed by atoms with Gasteiger partial charge >= 0.3 is 108 Å². The summed E-state index contributed by atoms with van der Waals surface area (Å²) in [6.07, 6.45) is 17.7. The van der Waals surface area contributed by atoms with Gasteiger partial charge in [0.15, 0.2) is 0 Å². The van der Waals surface area contributed by atoms with E-state index in [1.807, 2.05) is 12.1 Å². The molecule has 0 bridgehead atoms. The number of benzene rings is 4. The molecule has 0 N–H and O–H groups in total. The van der Waals surface area contributed by atoms with Gasteiger partial charge in [-0.25, -0.2) is 6.08 Å². The molecule has 0 saturated carbocycles. The normalized spacial score (nSPS) is 15.6. The Morgan fingerprint density at radius 3 is 1.54 bits per heavy atom. The second-order valence-corrected chi connectivity index (χ2v) is 16.4. The second-order valence-electron chi connectivity index (χ2n) is 15.2. The van der Waals surface area contributed by atoms with Gasteiger partial charge in [-0.15, -0.1) is 46.2 Å². The van der Waals surface area contributed by atoms with Crippen LogP contribution < -0.4 is 24.8 Å². The number of rotatable bonds is 2. The van der Waals surface area contributed by atoms with Gasteiger partial charge in [-0.2, -0.15) is 11.6 Å². The first-order valence-corrected chi connectivity index (χ1v) is 17.8. The molecule has 0 fully saturated rings. The molecule has 5 heteroatoms. The van der Waals surface area contributed by atoms with Crippen molar-refractivity contribution >= 4 is 36.9 Å². The molecular weight excluding hydrogens is 741 g/mol. The van der Waals surface area contributed by atoms with E-state index in [0.717, 1.165) is 45.0 Å². The van der Waals surface area contributed by atoms with Crippen LogP contribution in [0.15, 0.2) is 109 Å². The average molecular weight is 783 g/mol. The summed E-state index contributed by atoms with van der Waals surface area (Å²) in [5.41, 5.74) is 9.33. The third-order valence-corrected chi connectivity index (χ3v) is 11.0. The van der Waals surface area contributed by atoms with Crippen LogP contribution in [0.3, 0.4) is 0 Å². The molecule has 0 aromatic heterocycles. The molecule has 8 rings (SSSR count). The number of allylic oxidation sites excluding steroid dienone is 6. The van der Waals surface area contributed by atoms with Gasteiger partial charge in [-0.05, 0) is 11.1 Å². The van der Waals surface area contributed by atoms with Gasteiger partial charge in [-0.3, -0.25) is 6.08 Å². The summed E-state index contributed by atoms with van der Waals surface area (Å²) in [6.45, 7) is 15.9. The predicted molar refractivity (Wildman–Crippen MR) is 197 cm³/mol. The van der Waals surface area contributed by atoms with Gasteiger partial charge in [-0.1, -0.05) is 101 Å². The van der Waals surface area contributed by atoms with E-state index in [9.17, 15) is 8.78 Å². The van der Waals surface area contributed by atoms with Crippen molar-refractivity contribution in [3.63, 3.8) is 0 Å².